The van der Waals surface area contributed by atoms with Crippen LogP contribution >= 0.6 is 11.8 Å². The molecule has 0 saturated heterocycles. The van der Waals surface area contributed by atoms with Gasteiger partial charge in [-0.1, -0.05) is 13.3 Å². The van der Waals surface area contributed by atoms with Gasteiger partial charge in [-0.25, -0.2) is 0 Å². The van der Waals surface area contributed by atoms with E-state index in [2.05, 4.69) is 0 Å². The van der Waals surface area contributed by atoms with Crippen LogP contribution in [0.5, 0.6) is 0 Å². The van der Waals surface area contributed by atoms with E-state index in [0.717, 1.165) is 41.4 Å². The lowest BCUT2D eigenvalue weighted by Crippen LogP contribution is -1.86. The number of nitriles is 1. The van der Waals surface area contributed by atoms with Gasteiger partial charge in [-0.15, -0.1) is 0 Å². The summed E-state index contributed by atoms with van der Waals surface area (Å²) in [6.45, 7) is 3.81. The lowest BCUT2D eigenvalue weighted by Gasteiger charge is -1.98. The van der Waals surface area contributed by atoms with Crippen LogP contribution in [0, 0.1) is 10.7 Å². The van der Waals surface area contributed by atoms with Crippen LogP contribution in [-0.2, 0) is 4.79 Å². The van der Waals surface area contributed by atoms with E-state index < -0.39 is 0 Å². The summed E-state index contributed by atoms with van der Waals surface area (Å²) in [5, 5.41) is 10.3. The summed E-state index contributed by atoms with van der Waals surface area (Å²) in [7, 11) is 0. The molecule has 0 N–H and O–H groups in total. The highest BCUT2D eigenvalue weighted by Crippen LogP contribution is 2.19. The molecule has 11 heavy (non-hydrogen) atoms. The van der Waals surface area contributed by atoms with Crippen LogP contribution in [-0.4, -0.2) is 6.29 Å². The van der Waals surface area contributed by atoms with Crippen molar-refractivity contribution in [2.75, 3.05) is 0 Å². The van der Waals surface area contributed by atoms with Crippen molar-refractivity contribution >= 4 is 18.0 Å². The first kappa shape index (κ1) is 10.2. The van der Waals surface area contributed by atoms with Gasteiger partial charge < -0.3 is 0 Å². The zero-order valence-corrected chi connectivity index (χ0v) is 7.57. The van der Waals surface area contributed by atoms with Gasteiger partial charge in [0.15, 0.2) is 0 Å². The van der Waals surface area contributed by atoms with Crippen LogP contribution in [0.4, 0.5) is 0 Å². The van der Waals surface area contributed by atoms with Gasteiger partial charge in [0.05, 0.1) is 0 Å². The van der Waals surface area contributed by atoms with Crippen molar-refractivity contribution in [2.45, 2.75) is 26.7 Å². The van der Waals surface area contributed by atoms with E-state index in [1.807, 2.05) is 12.3 Å². The third-order valence-electron chi connectivity index (χ3n) is 1.31. The molecule has 0 aromatic heterocycles. The Kier molecular flexibility index (Phi) is 5.58. The van der Waals surface area contributed by atoms with Crippen molar-refractivity contribution < 1.29 is 4.79 Å². The van der Waals surface area contributed by atoms with Gasteiger partial charge in [-0.05, 0) is 25.1 Å². The van der Waals surface area contributed by atoms with Gasteiger partial charge in [0.25, 0.3) is 0 Å². The van der Waals surface area contributed by atoms with E-state index in [1.54, 1.807) is 6.92 Å². The third kappa shape index (κ3) is 3.84. The normalized spacial score (nSPS) is 11.7. The molecule has 0 aliphatic heterocycles. The lowest BCUT2D eigenvalue weighted by atomic mass is 10.2. The van der Waals surface area contributed by atoms with Gasteiger partial charge in [-0.3, -0.25) is 4.79 Å². The Bertz CT molecular complexity index is 203. The summed E-state index contributed by atoms with van der Waals surface area (Å²) < 4.78 is 0. The molecule has 0 amide bonds. The Hall–Kier alpha value is -0.750. The smallest absolute Gasteiger partial charge is 0.146 e. The Morgan fingerprint density at radius 1 is 1.73 bits per heavy atom. The number of hydrogen-bond donors (Lipinski definition) is 0. The molecule has 0 aliphatic carbocycles. The molecule has 0 aromatic carbocycles. The molecule has 0 radical (unpaired) electrons. The highest BCUT2D eigenvalue weighted by atomic mass is 32.2. The fourth-order valence-corrected chi connectivity index (χ4v) is 1.14. The van der Waals surface area contributed by atoms with E-state index in [9.17, 15) is 4.79 Å². The van der Waals surface area contributed by atoms with Crippen LogP contribution in [0.25, 0.3) is 0 Å². The Morgan fingerprint density at radius 3 is 2.73 bits per heavy atom. The standard InChI is InChI=1S/C8H11NOS/c1-3-4-8(5-10)7(2)11-6-9/h5H,3-4H2,1-2H3/b8-7-. The van der Waals surface area contributed by atoms with E-state index in [1.165, 1.54) is 0 Å². The molecule has 0 rings (SSSR count). The molecule has 0 spiro atoms. The van der Waals surface area contributed by atoms with E-state index in [4.69, 9.17) is 5.26 Å². The number of carbonyl (C=O) groups is 1. The molecular formula is C8H11NOS. The second-order valence-corrected chi connectivity index (χ2v) is 3.14. The minimum Gasteiger partial charge on any atom is -0.298 e. The van der Waals surface area contributed by atoms with Crippen LogP contribution in [0.1, 0.15) is 26.7 Å². The second kappa shape index (κ2) is 5.99. The van der Waals surface area contributed by atoms with Crippen molar-refractivity contribution in [3.05, 3.63) is 10.5 Å². The topological polar surface area (TPSA) is 40.9 Å². The van der Waals surface area contributed by atoms with Crippen molar-refractivity contribution in [3.63, 3.8) is 0 Å². The van der Waals surface area contributed by atoms with Crippen LogP contribution in [0.2, 0.25) is 0 Å². The molecule has 0 bridgehead atoms. The molecule has 0 atom stereocenters. The number of thioether (sulfide) groups is 1. The molecule has 0 unspecified atom stereocenters. The fourth-order valence-electron chi connectivity index (χ4n) is 0.721. The monoisotopic (exact) mass is 169 g/mol. The van der Waals surface area contributed by atoms with Crippen molar-refractivity contribution in [3.8, 4) is 5.40 Å². The number of carbonyl (C=O) groups excluding carboxylic acids is 1. The Morgan fingerprint density at radius 2 is 2.36 bits per heavy atom. The summed E-state index contributed by atoms with van der Waals surface area (Å²) in [5.74, 6) is 0. The van der Waals surface area contributed by atoms with Gasteiger partial charge in [-0.2, -0.15) is 5.26 Å². The Balaban J connectivity index is 4.29. The first-order valence-electron chi connectivity index (χ1n) is 3.47. The quantitative estimate of drug-likeness (QED) is 0.369. The highest BCUT2D eigenvalue weighted by molar-refractivity contribution is 8.07. The predicted octanol–water partition coefficient (Wildman–Crippen LogP) is 2.47. The van der Waals surface area contributed by atoms with Gasteiger partial charge in [0, 0.05) is 10.5 Å². The minimum absolute atomic E-state index is 0.749. The largest absolute Gasteiger partial charge is 0.298 e. The maximum atomic E-state index is 10.4. The molecule has 0 fully saturated rings. The van der Waals surface area contributed by atoms with Crippen LogP contribution < -0.4 is 0 Å². The van der Waals surface area contributed by atoms with Crippen molar-refractivity contribution in [1.29, 1.82) is 5.26 Å². The highest BCUT2D eigenvalue weighted by Gasteiger charge is 1.99. The summed E-state index contributed by atoms with van der Waals surface area (Å²) >= 11 is 1.06. The zero-order valence-electron chi connectivity index (χ0n) is 6.76. The summed E-state index contributed by atoms with van der Waals surface area (Å²) in [6.07, 6.45) is 2.55. The van der Waals surface area contributed by atoms with Crippen LogP contribution in [0.3, 0.4) is 0 Å². The Labute approximate surface area is 71.3 Å². The first-order valence-corrected chi connectivity index (χ1v) is 4.28. The molecule has 2 nitrogen and oxygen atoms in total. The SMILES string of the molecule is CCC/C(C=O)=C(\C)SC#N. The molecule has 60 valence electrons. The number of allylic oxidation sites excluding steroid dienone is 2. The average Bonchev–Trinajstić information content (AvgIpc) is 2.00. The minimum atomic E-state index is 0.749. The number of nitrogens with zero attached hydrogens (tertiary/aromatic N) is 1. The van der Waals surface area contributed by atoms with Gasteiger partial charge >= 0.3 is 0 Å². The molecule has 0 saturated carbocycles. The van der Waals surface area contributed by atoms with E-state index in [-0.39, 0.29) is 0 Å². The zero-order chi connectivity index (χ0) is 8.69. The number of aldehydes is 1. The number of hydrogen-bond acceptors (Lipinski definition) is 3. The summed E-state index contributed by atoms with van der Waals surface area (Å²) in [4.78, 5) is 11.3. The lowest BCUT2D eigenvalue weighted by molar-refractivity contribution is -0.105. The van der Waals surface area contributed by atoms with E-state index >= 15 is 0 Å². The number of thiocyanates is 1. The third-order valence-corrected chi connectivity index (χ3v) is 1.97. The average molecular weight is 169 g/mol. The van der Waals surface area contributed by atoms with Crippen molar-refractivity contribution in [2.24, 2.45) is 0 Å². The molecule has 0 aliphatic rings. The van der Waals surface area contributed by atoms with Crippen molar-refractivity contribution in [1.82, 2.24) is 0 Å². The fraction of sp³-hybridized carbons (Fsp3) is 0.500. The van der Waals surface area contributed by atoms with E-state index in [0.29, 0.717) is 0 Å². The number of rotatable bonds is 4. The van der Waals surface area contributed by atoms with Gasteiger partial charge in [0.2, 0.25) is 0 Å². The van der Waals surface area contributed by atoms with Crippen LogP contribution in [0.15, 0.2) is 10.5 Å². The molecule has 3 heteroatoms. The maximum Gasteiger partial charge on any atom is 0.146 e. The van der Waals surface area contributed by atoms with Gasteiger partial charge in [0.1, 0.15) is 11.7 Å². The predicted molar refractivity (Wildman–Crippen MR) is 46.9 cm³/mol. The summed E-state index contributed by atoms with van der Waals surface area (Å²) in [6, 6.07) is 0. The molecule has 0 aromatic rings. The maximum absolute atomic E-state index is 10.4. The second-order valence-electron chi connectivity index (χ2n) is 2.14. The first-order chi connectivity index (χ1) is 5.26. The molecular weight excluding hydrogens is 158 g/mol. The summed E-state index contributed by atoms with van der Waals surface area (Å²) in [5.41, 5.74) is 0.749. The molecule has 0 heterocycles.